The van der Waals surface area contributed by atoms with Crippen LogP contribution in [0.15, 0.2) is 12.1 Å². The van der Waals surface area contributed by atoms with Crippen LogP contribution in [0.5, 0.6) is 0 Å². The van der Waals surface area contributed by atoms with Crippen molar-refractivity contribution in [2.24, 2.45) is 0 Å². The summed E-state index contributed by atoms with van der Waals surface area (Å²) in [6.45, 7) is -0.758. The van der Waals surface area contributed by atoms with Crippen LogP contribution in [0.4, 0.5) is 13.2 Å². The number of benzene rings is 1. The minimum absolute atomic E-state index is 0.0931. The Hall–Kier alpha value is -1.07. The zero-order valence-electron chi connectivity index (χ0n) is 6.81. The maximum absolute atomic E-state index is 13.3. The molecule has 5 heteroatoms. The molecule has 1 radical (unpaired) electrons. The molecule has 1 nitrogen and oxygen atoms in total. The summed E-state index contributed by atoms with van der Waals surface area (Å²) in [6.07, 6.45) is 0. The van der Waals surface area contributed by atoms with E-state index in [1.807, 2.05) is 0 Å². The van der Waals surface area contributed by atoms with Crippen LogP contribution in [0.2, 0.25) is 0 Å². The molecule has 1 heterocycles. The Bertz CT molecular complexity index is 492. The van der Waals surface area contributed by atoms with Gasteiger partial charge in [0.2, 0.25) is 0 Å². The molecule has 1 aromatic carbocycles. The van der Waals surface area contributed by atoms with Crippen LogP contribution in [0, 0.1) is 17.5 Å². The predicted molar refractivity (Wildman–Crippen MR) is 46.1 cm³/mol. The highest BCUT2D eigenvalue weighted by atomic mass is 32.1. The Kier molecular flexibility index (Phi) is 2.20. The third-order valence-corrected chi connectivity index (χ3v) is 2.99. The van der Waals surface area contributed by atoms with Crippen molar-refractivity contribution in [1.82, 2.24) is 0 Å². The molecule has 0 atom stereocenters. The van der Waals surface area contributed by atoms with Gasteiger partial charge in [-0.3, -0.25) is 0 Å². The number of fused-ring (bicyclic) bond motifs is 1. The molecule has 0 aliphatic rings. The monoisotopic (exact) mass is 217 g/mol. The fourth-order valence-electron chi connectivity index (χ4n) is 1.23. The zero-order chi connectivity index (χ0) is 10.3. The van der Waals surface area contributed by atoms with Crippen molar-refractivity contribution in [1.29, 1.82) is 0 Å². The Morgan fingerprint density at radius 3 is 2.50 bits per heavy atom. The fourth-order valence-corrected chi connectivity index (χ4v) is 2.17. The second-order valence-electron chi connectivity index (χ2n) is 2.72. The first-order valence-corrected chi connectivity index (χ1v) is 4.59. The third kappa shape index (κ3) is 1.20. The summed E-state index contributed by atoms with van der Waals surface area (Å²) >= 11 is 0.853. The van der Waals surface area contributed by atoms with Crippen LogP contribution >= 0.6 is 11.3 Å². The van der Waals surface area contributed by atoms with E-state index in [9.17, 15) is 18.3 Å². The number of hydrogen-bond donors (Lipinski definition) is 0. The molecule has 0 spiro atoms. The van der Waals surface area contributed by atoms with Gasteiger partial charge in [-0.1, -0.05) is 0 Å². The summed E-state index contributed by atoms with van der Waals surface area (Å²) in [5, 5.41) is 10.1. The van der Waals surface area contributed by atoms with E-state index in [2.05, 4.69) is 0 Å². The van der Waals surface area contributed by atoms with Gasteiger partial charge in [0, 0.05) is 4.70 Å². The molecule has 0 aliphatic carbocycles. The molecular formula is C9H4F3OS. The summed E-state index contributed by atoms with van der Waals surface area (Å²) in [6, 6.07) is 2.18. The highest BCUT2D eigenvalue weighted by molar-refractivity contribution is 7.19. The molecule has 0 amide bonds. The van der Waals surface area contributed by atoms with Crippen LogP contribution in [-0.2, 0) is 11.7 Å². The molecule has 0 saturated carbocycles. The Morgan fingerprint density at radius 2 is 1.86 bits per heavy atom. The van der Waals surface area contributed by atoms with Gasteiger partial charge in [0.05, 0.1) is 10.3 Å². The SMILES string of the molecule is [O]Cc1sc2ccc(F)c(F)c2c1F. The summed E-state index contributed by atoms with van der Waals surface area (Å²) in [4.78, 5) is -0.0931. The van der Waals surface area contributed by atoms with Crippen LogP contribution in [-0.4, -0.2) is 0 Å². The lowest BCUT2D eigenvalue weighted by Crippen LogP contribution is -1.86. The van der Waals surface area contributed by atoms with Crippen molar-refractivity contribution >= 4 is 21.4 Å². The molecule has 0 N–H and O–H groups in total. The molecule has 14 heavy (non-hydrogen) atoms. The Labute approximate surface area is 81.4 Å². The molecule has 73 valence electrons. The van der Waals surface area contributed by atoms with E-state index in [-0.39, 0.29) is 9.58 Å². The molecule has 1 aromatic heterocycles. The van der Waals surface area contributed by atoms with Gasteiger partial charge in [0.15, 0.2) is 11.6 Å². The lowest BCUT2D eigenvalue weighted by Gasteiger charge is -1.93. The first-order chi connectivity index (χ1) is 6.65. The summed E-state index contributed by atoms with van der Waals surface area (Å²) in [5.41, 5.74) is 0. The van der Waals surface area contributed by atoms with Crippen molar-refractivity contribution in [3.63, 3.8) is 0 Å². The van der Waals surface area contributed by atoms with E-state index in [1.54, 1.807) is 0 Å². The second kappa shape index (κ2) is 3.25. The average Bonchev–Trinajstić information content (AvgIpc) is 2.50. The topological polar surface area (TPSA) is 19.9 Å². The quantitative estimate of drug-likeness (QED) is 0.698. The van der Waals surface area contributed by atoms with Crippen LogP contribution in [0.25, 0.3) is 10.1 Å². The number of rotatable bonds is 1. The van der Waals surface area contributed by atoms with E-state index >= 15 is 0 Å². The highest BCUT2D eigenvalue weighted by Crippen LogP contribution is 2.32. The van der Waals surface area contributed by atoms with E-state index in [0.29, 0.717) is 0 Å². The number of hydrogen-bond acceptors (Lipinski definition) is 1. The van der Waals surface area contributed by atoms with Gasteiger partial charge in [0.1, 0.15) is 12.4 Å². The summed E-state index contributed by atoms with van der Waals surface area (Å²) < 4.78 is 39.4. The molecule has 0 bridgehead atoms. The predicted octanol–water partition coefficient (Wildman–Crippen LogP) is 3.25. The average molecular weight is 217 g/mol. The van der Waals surface area contributed by atoms with Gasteiger partial charge >= 0.3 is 0 Å². The first kappa shape index (κ1) is 9.48. The van der Waals surface area contributed by atoms with E-state index in [4.69, 9.17) is 0 Å². The van der Waals surface area contributed by atoms with Gasteiger partial charge in [-0.05, 0) is 12.1 Å². The van der Waals surface area contributed by atoms with Gasteiger partial charge in [-0.15, -0.1) is 11.3 Å². The zero-order valence-corrected chi connectivity index (χ0v) is 7.63. The maximum atomic E-state index is 13.3. The summed E-state index contributed by atoms with van der Waals surface area (Å²) in [7, 11) is 0. The molecule has 0 saturated heterocycles. The summed E-state index contributed by atoms with van der Waals surface area (Å²) in [5.74, 6) is -3.26. The smallest absolute Gasteiger partial charge is 0.170 e. The van der Waals surface area contributed by atoms with Crippen molar-refractivity contribution < 1.29 is 18.3 Å². The fraction of sp³-hybridized carbons (Fsp3) is 0.111. The molecule has 2 rings (SSSR count). The van der Waals surface area contributed by atoms with Crippen LogP contribution in [0.3, 0.4) is 0 Å². The molecular weight excluding hydrogens is 213 g/mol. The largest absolute Gasteiger partial charge is 0.231 e. The Morgan fingerprint density at radius 1 is 1.14 bits per heavy atom. The van der Waals surface area contributed by atoms with Gasteiger partial charge in [-0.2, -0.15) is 0 Å². The van der Waals surface area contributed by atoms with Gasteiger partial charge in [0.25, 0.3) is 0 Å². The van der Waals surface area contributed by atoms with E-state index in [1.165, 1.54) is 6.07 Å². The molecule has 0 unspecified atom stereocenters. The van der Waals surface area contributed by atoms with Crippen molar-refractivity contribution in [2.75, 3.05) is 0 Å². The van der Waals surface area contributed by atoms with Crippen molar-refractivity contribution in [2.45, 2.75) is 6.61 Å². The first-order valence-electron chi connectivity index (χ1n) is 3.78. The number of halogens is 3. The highest BCUT2D eigenvalue weighted by Gasteiger charge is 2.17. The minimum Gasteiger partial charge on any atom is -0.231 e. The van der Waals surface area contributed by atoms with Crippen molar-refractivity contribution in [3.05, 3.63) is 34.5 Å². The Balaban J connectivity index is 2.87. The minimum atomic E-state index is -1.23. The van der Waals surface area contributed by atoms with E-state index < -0.39 is 29.4 Å². The molecule has 0 aliphatic heterocycles. The number of thiophene rings is 1. The second-order valence-corrected chi connectivity index (χ2v) is 3.85. The lowest BCUT2D eigenvalue weighted by molar-refractivity contribution is 0.177. The molecule has 0 fully saturated rings. The third-order valence-electron chi connectivity index (χ3n) is 1.89. The van der Waals surface area contributed by atoms with Crippen molar-refractivity contribution in [3.8, 4) is 0 Å². The lowest BCUT2D eigenvalue weighted by atomic mass is 10.2. The van der Waals surface area contributed by atoms with E-state index in [0.717, 1.165) is 17.4 Å². The van der Waals surface area contributed by atoms with Crippen LogP contribution < -0.4 is 0 Å². The van der Waals surface area contributed by atoms with Gasteiger partial charge < -0.3 is 0 Å². The molecule has 2 aromatic rings. The maximum Gasteiger partial charge on any atom is 0.170 e. The van der Waals surface area contributed by atoms with Crippen LogP contribution in [0.1, 0.15) is 4.88 Å². The standard InChI is InChI=1S/C9H4F3OS/c10-4-1-2-5-7(8(4)11)9(12)6(3-13)14-5/h1-2H,3H2. The van der Waals surface area contributed by atoms with Gasteiger partial charge in [-0.25, -0.2) is 18.3 Å². The normalized spacial score (nSPS) is 11.1.